The number of pyridine rings is 1. The summed E-state index contributed by atoms with van der Waals surface area (Å²) in [5.41, 5.74) is 1.82. The highest BCUT2D eigenvalue weighted by Crippen LogP contribution is 2.13. The zero-order valence-corrected chi connectivity index (χ0v) is 8.68. The number of aliphatic hydroxyl groups is 1. The van der Waals surface area contributed by atoms with Crippen molar-refractivity contribution >= 4 is 5.91 Å². The molecule has 1 saturated heterocycles. The van der Waals surface area contributed by atoms with Gasteiger partial charge in [0.05, 0.1) is 24.8 Å². The molecular weight excluding hydrogens is 192 g/mol. The Morgan fingerprint density at radius 2 is 2.40 bits per heavy atom. The number of likely N-dealkylation sites (tertiary alicyclic amines) is 1. The van der Waals surface area contributed by atoms with Crippen LogP contribution in [-0.2, 0) is 11.3 Å². The Bertz CT molecular complexity index is 379. The van der Waals surface area contributed by atoms with Gasteiger partial charge in [-0.05, 0) is 19.1 Å². The monoisotopic (exact) mass is 206 g/mol. The van der Waals surface area contributed by atoms with Gasteiger partial charge >= 0.3 is 0 Å². The summed E-state index contributed by atoms with van der Waals surface area (Å²) >= 11 is 0. The second-order valence-corrected chi connectivity index (χ2v) is 3.90. The lowest BCUT2D eigenvalue weighted by atomic mass is 10.3. The minimum atomic E-state index is -0.512. The van der Waals surface area contributed by atoms with Gasteiger partial charge in [0.25, 0.3) is 0 Å². The van der Waals surface area contributed by atoms with Crippen LogP contribution in [-0.4, -0.2) is 33.5 Å². The normalized spacial score (nSPS) is 21.1. The van der Waals surface area contributed by atoms with Crippen LogP contribution in [0.5, 0.6) is 0 Å². The van der Waals surface area contributed by atoms with Crippen molar-refractivity contribution in [2.75, 3.05) is 6.54 Å². The Morgan fingerprint density at radius 1 is 1.60 bits per heavy atom. The molecule has 0 spiro atoms. The third-order valence-electron chi connectivity index (χ3n) is 2.49. The van der Waals surface area contributed by atoms with Gasteiger partial charge in [0, 0.05) is 12.2 Å². The topological polar surface area (TPSA) is 53.4 Å². The number of nitrogens with zero attached hydrogens (tertiary/aromatic N) is 2. The Balaban J connectivity index is 2.06. The highest BCUT2D eigenvalue weighted by Gasteiger charge is 2.27. The maximum Gasteiger partial charge on any atom is 0.225 e. The minimum absolute atomic E-state index is 0.00538. The molecule has 1 unspecified atom stereocenters. The van der Waals surface area contributed by atoms with Crippen LogP contribution in [0.25, 0.3) is 0 Å². The molecule has 0 bridgehead atoms. The number of rotatable bonds is 2. The summed E-state index contributed by atoms with van der Waals surface area (Å²) in [7, 11) is 0. The smallest absolute Gasteiger partial charge is 0.225 e. The van der Waals surface area contributed by atoms with Gasteiger partial charge in [-0.2, -0.15) is 0 Å². The molecule has 2 rings (SSSR count). The van der Waals surface area contributed by atoms with Crippen molar-refractivity contribution in [2.24, 2.45) is 0 Å². The van der Waals surface area contributed by atoms with Crippen molar-refractivity contribution in [3.8, 4) is 0 Å². The van der Waals surface area contributed by atoms with Gasteiger partial charge in [-0.25, -0.2) is 0 Å². The van der Waals surface area contributed by atoms with E-state index in [-0.39, 0.29) is 12.3 Å². The maximum absolute atomic E-state index is 11.4. The van der Waals surface area contributed by atoms with E-state index in [1.54, 1.807) is 4.90 Å². The first kappa shape index (κ1) is 10.1. The van der Waals surface area contributed by atoms with E-state index in [4.69, 9.17) is 0 Å². The average molecular weight is 206 g/mol. The molecule has 0 aromatic carbocycles. The second kappa shape index (κ2) is 3.98. The first-order valence-corrected chi connectivity index (χ1v) is 5.03. The molecule has 1 N–H and O–H groups in total. The van der Waals surface area contributed by atoms with Crippen molar-refractivity contribution in [1.82, 2.24) is 9.88 Å². The Kier molecular flexibility index (Phi) is 2.68. The van der Waals surface area contributed by atoms with Crippen LogP contribution in [0.4, 0.5) is 0 Å². The van der Waals surface area contributed by atoms with Gasteiger partial charge in [-0.3, -0.25) is 9.78 Å². The van der Waals surface area contributed by atoms with Crippen LogP contribution >= 0.6 is 0 Å². The fraction of sp³-hybridized carbons (Fsp3) is 0.455. The predicted molar refractivity (Wildman–Crippen MR) is 55.0 cm³/mol. The van der Waals surface area contributed by atoms with E-state index in [9.17, 15) is 9.90 Å². The quantitative estimate of drug-likeness (QED) is 0.766. The van der Waals surface area contributed by atoms with Crippen molar-refractivity contribution in [1.29, 1.82) is 0 Å². The van der Waals surface area contributed by atoms with E-state index >= 15 is 0 Å². The van der Waals surface area contributed by atoms with Crippen LogP contribution < -0.4 is 0 Å². The standard InChI is InChI=1S/C11H14N2O2/c1-8-3-2-4-9(12-8)6-13-7-10(14)5-11(13)15/h2-4,10,14H,5-7H2,1H3. The molecule has 1 aliphatic rings. The number of hydrogen-bond acceptors (Lipinski definition) is 3. The fourth-order valence-electron chi connectivity index (χ4n) is 1.79. The summed E-state index contributed by atoms with van der Waals surface area (Å²) in [6.07, 6.45) is -0.270. The van der Waals surface area contributed by atoms with Gasteiger partial charge in [0.15, 0.2) is 0 Å². The minimum Gasteiger partial charge on any atom is -0.391 e. The van der Waals surface area contributed by atoms with Crippen LogP contribution in [0, 0.1) is 6.92 Å². The molecule has 15 heavy (non-hydrogen) atoms. The molecule has 1 atom stereocenters. The van der Waals surface area contributed by atoms with Crippen molar-refractivity contribution in [3.63, 3.8) is 0 Å². The first-order chi connectivity index (χ1) is 7.15. The molecule has 1 aliphatic heterocycles. The van der Waals surface area contributed by atoms with Gasteiger partial charge in [0.1, 0.15) is 0 Å². The van der Waals surface area contributed by atoms with Gasteiger partial charge in [-0.15, -0.1) is 0 Å². The first-order valence-electron chi connectivity index (χ1n) is 5.03. The Labute approximate surface area is 88.6 Å². The van der Waals surface area contributed by atoms with Gasteiger partial charge < -0.3 is 10.0 Å². The number of carbonyl (C=O) groups excluding carboxylic acids is 1. The molecule has 1 aromatic rings. The molecule has 80 valence electrons. The number of aryl methyl sites for hydroxylation is 1. The highest BCUT2D eigenvalue weighted by atomic mass is 16.3. The second-order valence-electron chi connectivity index (χ2n) is 3.90. The summed E-state index contributed by atoms with van der Waals surface area (Å²) in [5.74, 6) is 0.00538. The summed E-state index contributed by atoms with van der Waals surface area (Å²) in [6.45, 7) is 2.84. The number of carbonyl (C=O) groups is 1. The van der Waals surface area contributed by atoms with Crippen LogP contribution in [0.3, 0.4) is 0 Å². The van der Waals surface area contributed by atoms with Gasteiger partial charge in [0.2, 0.25) is 5.91 Å². The molecule has 0 saturated carbocycles. The largest absolute Gasteiger partial charge is 0.391 e. The fourth-order valence-corrected chi connectivity index (χ4v) is 1.79. The van der Waals surface area contributed by atoms with E-state index in [2.05, 4.69) is 4.98 Å². The number of aliphatic hydroxyl groups excluding tert-OH is 1. The number of hydrogen-bond donors (Lipinski definition) is 1. The Hall–Kier alpha value is -1.42. The summed E-state index contributed by atoms with van der Waals surface area (Å²) in [4.78, 5) is 17.4. The van der Waals surface area contributed by atoms with E-state index in [1.807, 2.05) is 25.1 Å². The molecular formula is C11H14N2O2. The SMILES string of the molecule is Cc1cccc(CN2CC(O)CC2=O)n1. The summed E-state index contributed by atoms with van der Waals surface area (Å²) < 4.78 is 0. The average Bonchev–Trinajstić information content (AvgIpc) is 2.45. The van der Waals surface area contributed by atoms with Crippen molar-refractivity contribution < 1.29 is 9.90 Å². The zero-order valence-electron chi connectivity index (χ0n) is 8.68. The van der Waals surface area contributed by atoms with Crippen molar-refractivity contribution in [2.45, 2.75) is 26.0 Å². The molecule has 0 radical (unpaired) electrons. The summed E-state index contributed by atoms with van der Waals surface area (Å²) in [5, 5.41) is 9.32. The van der Waals surface area contributed by atoms with Crippen LogP contribution in [0.1, 0.15) is 17.8 Å². The number of β-amino-alcohol motifs (C(OH)–C–C–N with tert-alkyl or cyclic N) is 1. The zero-order chi connectivity index (χ0) is 10.8. The van der Waals surface area contributed by atoms with Crippen molar-refractivity contribution in [3.05, 3.63) is 29.6 Å². The molecule has 4 nitrogen and oxygen atoms in total. The Morgan fingerprint density at radius 3 is 3.00 bits per heavy atom. The molecule has 1 fully saturated rings. The highest BCUT2D eigenvalue weighted by molar-refractivity contribution is 5.78. The third-order valence-corrected chi connectivity index (χ3v) is 2.49. The summed E-state index contributed by atoms with van der Waals surface area (Å²) in [6, 6.07) is 5.74. The van der Waals surface area contributed by atoms with E-state index < -0.39 is 6.10 Å². The maximum atomic E-state index is 11.4. The molecule has 0 aliphatic carbocycles. The molecule has 2 heterocycles. The van der Waals surface area contributed by atoms with E-state index in [0.717, 1.165) is 11.4 Å². The third kappa shape index (κ3) is 2.33. The van der Waals surface area contributed by atoms with Crippen LogP contribution in [0.2, 0.25) is 0 Å². The predicted octanol–water partition coefficient (Wildman–Crippen LogP) is 0.483. The van der Waals surface area contributed by atoms with E-state index in [1.165, 1.54) is 0 Å². The number of amides is 1. The lowest BCUT2D eigenvalue weighted by Gasteiger charge is -2.15. The van der Waals surface area contributed by atoms with Gasteiger partial charge in [-0.1, -0.05) is 6.07 Å². The molecule has 1 amide bonds. The molecule has 1 aromatic heterocycles. The lowest BCUT2D eigenvalue weighted by molar-refractivity contribution is -0.128. The lowest BCUT2D eigenvalue weighted by Crippen LogP contribution is -2.25. The molecule has 4 heteroatoms. The number of aromatic nitrogens is 1. The van der Waals surface area contributed by atoms with E-state index in [0.29, 0.717) is 13.1 Å². The van der Waals surface area contributed by atoms with Crippen LogP contribution in [0.15, 0.2) is 18.2 Å².